The number of allylic oxidation sites excluding steroid dienone is 1. The summed E-state index contributed by atoms with van der Waals surface area (Å²) in [7, 11) is 1.46. The first-order chi connectivity index (χ1) is 9.13. The van der Waals surface area contributed by atoms with Gasteiger partial charge < -0.3 is 9.31 Å². The van der Waals surface area contributed by atoms with Gasteiger partial charge in [-0.1, -0.05) is 50.1 Å². The molecule has 1 rings (SSSR count). The zero-order chi connectivity index (χ0) is 14.1. The number of hydrogen-bond donors (Lipinski definition) is 0. The fourth-order valence-corrected chi connectivity index (χ4v) is 1.69. The average Bonchev–Trinajstić information content (AvgIpc) is 2.42. The highest BCUT2D eigenvalue weighted by atomic mass is 16.6. The number of rotatable bonds is 8. The molecule has 1 radical (unpaired) electrons. The highest BCUT2D eigenvalue weighted by Gasteiger charge is 2.16. The molecular formula is C16H24BO2. The summed E-state index contributed by atoms with van der Waals surface area (Å²) < 4.78 is 11.2. The highest BCUT2D eigenvalue weighted by Crippen LogP contribution is 2.17. The maximum Gasteiger partial charge on any atom is 0.572 e. The summed E-state index contributed by atoms with van der Waals surface area (Å²) in [5.41, 5.74) is 1.32. The topological polar surface area (TPSA) is 18.5 Å². The van der Waals surface area contributed by atoms with E-state index in [2.05, 4.69) is 33.8 Å². The molecule has 0 saturated carbocycles. The molecule has 1 aromatic rings. The molecule has 0 fully saturated rings. The molecule has 0 saturated heterocycles. The second-order valence-corrected chi connectivity index (χ2v) is 5.10. The van der Waals surface area contributed by atoms with E-state index >= 15 is 0 Å². The Labute approximate surface area is 118 Å². The van der Waals surface area contributed by atoms with Crippen LogP contribution in [0.2, 0.25) is 0 Å². The smallest absolute Gasteiger partial charge is 0.537 e. The molecule has 3 heteroatoms. The maximum absolute atomic E-state index is 5.76. The van der Waals surface area contributed by atoms with Crippen molar-refractivity contribution in [2.75, 3.05) is 0 Å². The lowest BCUT2D eigenvalue weighted by Crippen LogP contribution is -2.25. The standard InChI is InChI=1S/C16H24BO2/c1-5-14(4)16(12-11-13(2)3)19-17-18-15-9-7-6-8-10-15/h6-11,14,16H,5,12H2,1-4H3. The van der Waals surface area contributed by atoms with E-state index in [1.54, 1.807) is 0 Å². The fourth-order valence-electron chi connectivity index (χ4n) is 1.69. The molecule has 0 aliphatic carbocycles. The molecule has 0 spiro atoms. The minimum absolute atomic E-state index is 0.170. The SMILES string of the molecule is CCC(C)C(CC=C(C)C)O[B]Oc1ccccc1. The normalized spacial score (nSPS) is 13.5. The third-order valence-electron chi connectivity index (χ3n) is 3.19. The molecule has 2 atom stereocenters. The molecule has 0 aliphatic heterocycles. The van der Waals surface area contributed by atoms with Gasteiger partial charge in [-0.3, -0.25) is 0 Å². The van der Waals surface area contributed by atoms with Gasteiger partial charge in [0.05, 0.1) is 5.75 Å². The first-order valence-corrected chi connectivity index (χ1v) is 6.95. The lowest BCUT2D eigenvalue weighted by atomic mass is 9.97. The van der Waals surface area contributed by atoms with E-state index in [9.17, 15) is 0 Å². The van der Waals surface area contributed by atoms with E-state index in [1.165, 1.54) is 13.3 Å². The van der Waals surface area contributed by atoms with Gasteiger partial charge in [0, 0.05) is 6.10 Å². The summed E-state index contributed by atoms with van der Waals surface area (Å²) >= 11 is 0. The van der Waals surface area contributed by atoms with Gasteiger partial charge >= 0.3 is 7.69 Å². The van der Waals surface area contributed by atoms with E-state index in [1.807, 2.05) is 30.3 Å². The van der Waals surface area contributed by atoms with Gasteiger partial charge in [-0.15, -0.1) is 0 Å². The Morgan fingerprint density at radius 1 is 1.26 bits per heavy atom. The summed E-state index contributed by atoms with van der Waals surface area (Å²) in [6, 6.07) is 9.67. The number of hydrogen-bond acceptors (Lipinski definition) is 2. The van der Waals surface area contributed by atoms with Crippen LogP contribution in [0.1, 0.15) is 40.5 Å². The summed E-state index contributed by atoms with van der Waals surface area (Å²) in [6.45, 7) is 8.61. The first-order valence-electron chi connectivity index (χ1n) is 6.95. The molecule has 0 aliphatic rings. The first kappa shape index (κ1) is 15.8. The Kier molecular flexibility index (Phi) is 7.35. The van der Waals surface area contributed by atoms with Gasteiger partial charge in [0.1, 0.15) is 0 Å². The van der Waals surface area contributed by atoms with Crippen LogP contribution in [-0.2, 0) is 4.65 Å². The molecular weight excluding hydrogens is 235 g/mol. The molecule has 0 N–H and O–H groups in total. The number of para-hydroxylation sites is 1. The molecule has 0 bridgehead atoms. The van der Waals surface area contributed by atoms with E-state index in [0.29, 0.717) is 5.92 Å². The highest BCUT2D eigenvalue weighted by molar-refractivity contribution is 6.19. The van der Waals surface area contributed by atoms with Crippen molar-refractivity contribution >= 4 is 7.69 Å². The average molecular weight is 259 g/mol. The number of benzene rings is 1. The predicted molar refractivity (Wildman–Crippen MR) is 81.2 cm³/mol. The van der Waals surface area contributed by atoms with E-state index < -0.39 is 0 Å². The molecule has 0 amide bonds. The summed E-state index contributed by atoms with van der Waals surface area (Å²) in [4.78, 5) is 0. The molecule has 19 heavy (non-hydrogen) atoms. The van der Waals surface area contributed by atoms with E-state index in [0.717, 1.165) is 18.6 Å². The van der Waals surface area contributed by atoms with E-state index in [4.69, 9.17) is 9.31 Å². The predicted octanol–water partition coefficient (Wildman–Crippen LogP) is 4.39. The van der Waals surface area contributed by atoms with Crippen LogP contribution in [-0.4, -0.2) is 13.8 Å². The summed E-state index contributed by atoms with van der Waals surface area (Å²) in [6.07, 6.45) is 4.41. The van der Waals surface area contributed by atoms with E-state index in [-0.39, 0.29) is 6.10 Å². The Balaban J connectivity index is 2.42. The largest absolute Gasteiger partial charge is 0.572 e. The molecule has 2 unspecified atom stereocenters. The van der Waals surface area contributed by atoms with Gasteiger partial charge in [0.15, 0.2) is 0 Å². The minimum atomic E-state index is 0.170. The Bertz CT molecular complexity index is 372. The zero-order valence-electron chi connectivity index (χ0n) is 12.4. The lowest BCUT2D eigenvalue weighted by molar-refractivity contribution is 0.131. The van der Waals surface area contributed by atoms with Gasteiger partial charge in [-0.25, -0.2) is 0 Å². The van der Waals surface area contributed by atoms with Gasteiger partial charge in [-0.2, -0.15) is 0 Å². The van der Waals surface area contributed by atoms with Crippen molar-refractivity contribution in [2.45, 2.75) is 46.6 Å². The molecule has 2 nitrogen and oxygen atoms in total. The maximum atomic E-state index is 5.76. The van der Waals surface area contributed by atoms with Crippen LogP contribution in [0.15, 0.2) is 42.0 Å². The lowest BCUT2D eigenvalue weighted by Gasteiger charge is -2.22. The van der Waals surface area contributed by atoms with Crippen LogP contribution < -0.4 is 4.65 Å². The Morgan fingerprint density at radius 2 is 1.95 bits per heavy atom. The van der Waals surface area contributed by atoms with Crippen LogP contribution in [0.25, 0.3) is 0 Å². The second-order valence-electron chi connectivity index (χ2n) is 5.10. The van der Waals surface area contributed by atoms with Crippen LogP contribution in [0.4, 0.5) is 0 Å². The van der Waals surface area contributed by atoms with Gasteiger partial charge in [-0.05, 0) is 38.3 Å². The Hall–Kier alpha value is -1.22. The molecule has 0 heterocycles. The summed E-state index contributed by atoms with van der Waals surface area (Å²) in [5, 5.41) is 0. The fraction of sp³-hybridized carbons (Fsp3) is 0.500. The minimum Gasteiger partial charge on any atom is -0.537 e. The van der Waals surface area contributed by atoms with Crippen molar-refractivity contribution in [1.82, 2.24) is 0 Å². The van der Waals surface area contributed by atoms with Crippen molar-refractivity contribution in [2.24, 2.45) is 5.92 Å². The van der Waals surface area contributed by atoms with Crippen molar-refractivity contribution < 1.29 is 9.31 Å². The van der Waals surface area contributed by atoms with Crippen LogP contribution in [0.5, 0.6) is 5.75 Å². The molecule has 0 aromatic heterocycles. The Morgan fingerprint density at radius 3 is 2.53 bits per heavy atom. The zero-order valence-corrected chi connectivity index (χ0v) is 12.4. The van der Waals surface area contributed by atoms with Crippen molar-refractivity contribution in [1.29, 1.82) is 0 Å². The van der Waals surface area contributed by atoms with Gasteiger partial charge in [0.2, 0.25) is 0 Å². The van der Waals surface area contributed by atoms with Crippen molar-refractivity contribution in [3.8, 4) is 5.75 Å². The van der Waals surface area contributed by atoms with Gasteiger partial charge in [0.25, 0.3) is 0 Å². The third-order valence-corrected chi connectivity index (χ3v) is 3.19. The quantitative estimate of drug-likeness (QED) is 0.509. The second kappa shape index (κ2) is 8.81. The van der Waals surface area contributed by atoms with Crippen molar-refractivity contribution in [3.63, 3.8) is 0 Å². The molecule has 103 valence electrons. The van der Waals surface area contributed by atoms with Crippen LogP contribution >= 0.6 is 0 Å². The monoisotopic (exact) mass is 259 g/mol. The molecule has 1 aromatic carbocycles. The van der Waals surface area contributed by atoms with Crippen molar-refractivity contribution in [3.05, 3.63) is 42.0 Å². The third kappa shape index (κ3) is 6.49. The van der Waals surface area contributed by atoms with Crippen LogP contribution in [0, 0.1) is 5.92 Å². The summed E-state index contributed by atoms with van der Waals surface area (Å²) in [5.74, 6) is 1.30. The van der Waals surface area contributed by atoms with Crippen LogP contribution in [0.3, 0.4) is 0 Å².